The van der Waals surface area contributed by atoms with Crippen molar-refractivity contribution in [3.8, 4) is 11.5 Å². The van der Waals surface area contributed by atoms with Crippen molar-refractivity contribution >= 4 is 24.1 Å². The first kappa shape index (κ1) is 31.9. The molecule has 10 nitrogen and oxygen atoms in total. The summed E-state index contributed by atoms with van der Waals surface area (Å²) >= 11 is 0. The zero-order valence-electron chi connectivity index (χ0n) is 23.1. The van der Waals surface area contributed by atoms with Gasteiger partial charge in [0.2, 0.25) is 0 Å². The van der Waals surface area contributed by atoms with Gasteiger partial charge in [-0.25, -0.2) is 4.79 Å². The second-order valence-electron chi connectivity index (χ2n) is 9.96. The van der Waals surface area contributed by atoms with E-state index in [1.807, 2.05) is 13.8 Å². The van der Waals surface area contributed by atoms with Crippen LogP contribution in [0.25, 0.3) is 0 Å². The third-order valence-corrected chi connectivity index (χ3v) is 5.62. The minimum absolute atomic E-state index is 0.0235. The molecule has 2 unspecified atom stereocenters. The van der Waals surface area contributed by atoms with E-state index in [2.05, 4.69) is 0 Å². The number of ether oxygens (including phenoxy) is 5. The average Bonchev–Trinajstić information content (AvgIpc) is 2.82. The summed E-state index contributed by atoms with van der Waals surface area (Å²) in [5.74, 6) is -2.29. The summed E-state index contributed by atoms with van der Waals surface area (Å²) in [6.45, 7) is 12.4. The van der Waals surface area contributed by atoms with E-state index in [9.17, 15) is 19.2 Å². The Labute approximate surface area is 219 Å². The molecule has 0 aliphatic rings. The third kappa shape index (κ3) is 10.4. The zero-order valence-corrected chi connectivity index (χ0v) is 23.1. The minimum Gasteiger partial charge on any atom is -0.468 e. The molecule has 0 aliphatic heterocycles. The number of rotatable bonds is 13. The Morgan fingerprint density at radius 1 is 0.919 bits per heavy atom. The molecule has 2 N–H and O–H groups in total. The van der Waals surface area contributed by atoms with E-state index < -0.39 is 47.5 Å². The summed E-state index contributed by atoms with van der Waals surface area (Å²) in [5, 5.41) is 0. The molecule has 37 heavy (non-hydrogen) atoms. The lowest BCUT2D eigenvalue weighted by atomic mass is 9.86. The largest absolute Gasteiger partial charge is 0.508 e. The monoisotopic (exact) mass is 523 g/mol. The first-order valence-corrected chi connectivity index (χ1v) is 12.5. The van der Waals surface area contributed by atoms with Gasteiger partial charge in [0, 0.05) is 12.8 Å². The molecule has 0 bridgehead atoms. The summed E-state index contributed by atoms with van der Waals surface area (Å²) < 4.78 is 26.2. The number of nitrogens with two attached hydrogens (primary N) is 1. The van der Waals surface area contributed by atoms with E-state index in [0.29, 0.717) is 5.56 Å². The maximum atomic E-state index is 12.7. The van der Waals surface area contributed by atoms with Crippen LogP contribution >= 0.6 is 0 Å². The van der Waals surface area contributed by atoms with Crippen LogP contribution in [0.4, 0.5) is 4.79 Å². The Balaban J connectivity index is 3.16. The number of carbonyl (C=O) groups excluding carboxylic acids is 4. The predicted molar refractivity (Wildman–Crippen MR) is 136 cm³/mol. The Kier molecular flexibility index (Phi) is 12.6. The maximum absolute atomic E-state index is 12.7. The van der Waals surface area contributed by atoms with E-state index >= 15 is 0 Å². The maximum Gasteiger partial charge on any atom is 0.508 e. The Bertz CT molecular complexity index is 944. The summed E-state index contributed by atoms with van der Waals surface area (Å²) in [6.07, 6.45) is -0.873. The molecule has 0 spiro atoms. The first-order valence-electron chi connectivity index (χ1n) is 12.5. The summed E-state index contributed by atoms with van der Waals surface area (Å²) in [5.41, 5.74) is 5.39. The molecule has 1 rings (SSSR count). The van der Waals surface area contributed by atoms with Crippen LogP contribution in [0.3, 0.4) is 0 Å². The number of benzene rings is 1. The quantitative estimate of drug-likeness (QED) is 0.295. The highest BCUT2D eigenvalue weighted by atomic mass is 16.7. The molecule has 208 valence electrons. The lowest BCUT2D eigenvalue weighted by Crippen LogP contribution is -2.53. The molecule has 0 radical (unpaired) electrons. The fraction of sp³-hybridized carbons (Fsp3) is 0.630. The molecule has 10 heteroatoms. The molecule has 1 aromatic carbocycles. The second kappa shape index (κ2) is 14.6. The summed E-state index contributed by atoms with van der Waals surface area (Å²) in [6, 6.07) is 4.56. The van der Waals surface area contributed by atoms with Crippen LogP contribution in [0, 0.1) is 17.8 Å². The fourth-order valence-corrected chi connectivity index (χ4v) is 3.16. The van der Waals surface area contributed by atoms with Gasteiger partial charge in [-0.2, -0.15) is 0 Å². The Morgan fingerprint density at radius 2 is 1.49 bits per heavy atom. The molecule has 0 fully saturated rings. The van der Waals surface area contributed by atoms with Gasteiger partial charge in [0.1, 0.15) is 11.6 Å². The zero-order chi connectivity index (χ0) is 28.3. The van der Waals surface area contributed by atoms with E-state index in [4.69, 9.17) is 29.4 Å². The van der Waals surface area contributed by atoms with Crippen LogP contribution in [0.5, 0.6) is 11.5 Å². The minimum atomic E-state index is -1.58. The van der Waals surface area contributed by atoms with Gasteiger partial charge < -0.3 is 29.4 Å². The highest BCUT2D eigenvalue weighted by Gasteiger charge is 2.38. The van der Waals surface area contributed by atoms with Crippen molar-refractivity contribution in [2.45, 2.75) is 79.4 Å². The topological polar surface area (TPSA) is 140 Å². The van der Waals surface area contributed by atoms with Gasteiger partial charge in [0.15, 0.2) is 11.5 Å². The van der Waals surface area contributed by atoms with Crippen molar-refractivity contribution in [3.63, 3.8) is 0 Å². The highest BCUT2D eigenvalue weighted by Crippen LogP contribution is 2.32. The van der Waals surface area contributed by atoms with Crippen LogP contribution in [0.1, 0.15) is 66.9 Å². The van der Waals surface area contributed by atoms with E-state index in [0.717, 1.165) is 6.42 Å². The molecule has 0 heterocycles. The highest BCUT2D eigenvalue weighted by molar-refractivity contribution is 5.81. The number of hydrogen-bond donors (Lipinski definition) is 1. The Hall–Kier alpha value is -3.14. The van der Waals surface area contributed by atoms with Crippen molar-refractivity contribution in [3.05, 3.63) is 23.8 Å². The summed E-state index contributed by atoms with van der Waals surface area (Å²) in [4.78, 5) is 49.1. The van der Waals surface area contributed by atoms with E-state index in [-0.39, 0.29) is 36.9 Å². The van der Waals surface area contributed by atoms with Crippen molar-refractivity contribution in [1.29, 1.82) is 0 Å². The standard InChI is InChI=1S/C27H41NO9/c1-9-18(6)15-34-26(32)35-19(7)13-27(28,25(31)33-8)14-20-10-11-21(36-23(29)16(2)3)22(12-20)37-24(30)17(4)5/h10-12,16-19H,9,13-15,28H2,1-8H3/t18?,19-,27?/m0/s1. The smallest absolute Gasteiger partial charge is 0.468 e. The van der Waals surface area contributed by atoms with Crippen LogP contribution in [-0.2, 0) is 35.0 Å². The first-order chi connectivity index (χ1) is 17.2. The van der Waals surface area contributed by atoms with Crippen molar-refractivity contribution < 1.29 is 42.9 Å². The fourth-order valence-electron chi connectivity index (χ4n) is 3.16. The second-order valence-corrected chi connectivity index (χ2v) is 9.96. The molecule has 0 aliphatic carbocycles. The third-order valence-electron chi connectivity index (χ3n) is 5.62. The SMILES string of the molecule is CCC(C)COC(=O)O[C@@H](C)CC(N)(Cc1ccc(OC(=O)C(C)C)c(OC(=O)C(C)C)c1)C(=O)OC. The number of carbonyl (C=O) groups is 4. The van der Waals surface area contributed by atoms with Gasteiger partial charge in [-0.05, 0) is 30.5 Å². The van der Waals surface area contributed by atoms with Crippen LogP contribution in [-0.4, -0.2) is 49.4 Å². The van der Waals surface area contributed by atoms with Crippen molar-refractivity contribution in [1.82, 2.24) is 0 Å². The van der Waals surface area contributed by atoms with E-state index in [1.165, 1.54) is 19.2 Å². The summed E-state index contributed by atoms with van der Waals surface area (Å²) in [7, 11) is 1.21. The van der Waals surface area contributed by atoms with Gasteiger partial charge in [0.05, 0.1) is 25.6 Å². The predicted octanol–water partition coefficient (Wildman–Crippen LogP) is 4.20. The lowest BCUT2D eigenvalue weighted by Gasteiger charge is -2.29. The number of methoxy groups -OCH3 is 1. The van der Waals surface area contributed by atoms with E-state index in [1.54, 1.807) is 40.7 Å². The van der Waals surface area contributed by atoms with Crippen molar-refractivity contribution in [2.75, 3.05) is 13.7 Å². The average molecular weight is 524 g/mol. The van der Waals surface area contributed by atoms with Gasteiger partial charge in [-0.15, -0.1) is 0 Å². The Morgan fingerprint density at radius 3 is 2.00 bits per heavy atom. The molecule has 0 aromatic heterocycles. The van der Waals surface area contributed by atoms with Gasteiger partial charge in [-0.3, -0.25) is 14.4 Å². The molecule has 3 atom stereocenters. The molecule has 0 saturated carbocycles. The molecular formula is C27H41NO9. The molecule has 0 saturated heterocycles. The van der Waals surface area contributed by atoms with Gasteiger partial charge in [-0.1, -0.05) is 54.0 Å². The molecule has 0 amide bonds. The van der Waals surface area contributed by atoms with Crippen LogP contribution in [0.15, 0.2) is 18.2 Å². The molecule has 1 aromatic rings. The van der Waals surface area contributed by atoms with Crippen molar-refractivity contribution in [2.24, 2.45) is 23.5 Å². The molecular weight excluding hydrogens is 482 g/mol. The number of hydrogen-bond acceptors (Lipinski definition) is 10. The number of esters is 3. The van der Waals surface area contributed by atoms with Gasteiger partial charge >= 0.3 is 24.1 Å². The van der Waals surface area contributed by atoms with Crippen LogP contribution in [0.2, 0.25) is 0 Å². The lowest BCUT2D eigenvalue weighted by molar-refractivity contribution is -0.148. The van der Waals surface area contributed by atoms with Crippen LogP contribution < -0.4 is 15.2 Å². The van der Waals surface area contributed by atoms with Gasteiger partial charge in [0.25, 0.3) is 0 Å². The normalized spacial score (nSPS) is 14.4.